The maximum Gasteiger partial charge on any atom is 1.00 e. The van der Waals surface area contributed by atoms with Crippen molar-refractivity contribution in [2.45, 2.75) is 5.79 Å². The summed E-state index contributed by atoms with van der Waals surface area (Å²) in [6, 6.07) is 12.4. The predicted octanol–water partition coefficient (Wildman–Crippen LogP) is -4.94. The minimum atomic E-state index is -4.79. The van der Waals surface area contributed by atoms with Crippen LogP contribution in [0.1, 0.15) is 15.9 Å². The number of methoxy groups -OCH3 is 2. The molecular formula is C20H22Na2O13S2. The van der Waals surface area contributed by atoms with Crippen LogP contribution in [0.3, 0.4) is 0 Å². The molecule has 0 aliphatic carbocycles. The van der Waals surface area contributed by atoms with Crippen LogP contribution >= 0.6 is 12.3 Å². The van der Waals surface area contributed by atoms with Gasteiger partial charge in [0.15, 0.2) is 12.3 Å². The molecule has 0 spiro atoms. The third-order valence-electron chi connectivity index (χ3n) is 4.34. The zero-order valence-corrected chi connectivity index (χ0v) is 26.2. The Labute approximate surface area is 262 Å². The van der Waals surface area contributed by atoms with Crippen molar-refractivity contribution in [3.8, 4) is 11.5 Å². The van der Waals surface area contributed by atoms with Crippen molar-refractivity contribution >= 4 is 28.5 Å². The first-order valence-electron chi connectivity index (χ1n) is 9.72. The maximum atomic E-state index is 13.3. The van der Waals surface area contributed by atoms with E-state index in [1.165, 1.54) is 38.5 Å². The van der Waals surface area contributed by atoms with E-state index in [1.54, 1.807) is 24.3 Å². The summed E-state index contributed by atoms with van der Waals surface area (Å²) in [6.45, 7) is -0.366. The number of ketones is 1. The van der Waals surface area contributed by atoms with Crippen molar-refractivity contribution < 1.29 is 119 Å². The van der Waals surface area contributed by atoms with Crippen molar-refractivity contribution in [3.05, 3.63) is 59.7 Å². The number of ether oxygens (including phenoxy) is 4. The minimum Gasteiger partial charge on any atom is -0.726 e. The number of carbonyl (C=O) groups excluding carboxylic acids is 1. The third-order valence-corrected chi connectivity index (χ3v) is 5.17. The molecule has 2 rings (SSSR count). The molecule has 37 heavy (non-hydrogen) atoms. The summed E-state index contributed by atoms with van der Waals surface area (Å²) < 4.78 is 65.9. The summed E-state index contributed by atoms with van der Waals surface area (Å²) in [5, 5.41) is 12.7. The van der Waals surface area contributed by atoms with Gasteiger partial charge >= 0.3 is 59.1 Å². The number of benzene rings is 2. The molecule has 0 saturated heterocycles. The molecule has 0 aliphatic heterocycles. The van der Waals surface area contributed by atoms with E-state index in [4.69, 9.17) is 23.1 Å². The van der Waals surface area contributed by atoms with Gasteiger partial charge in [0.05, 0.1) is 13.2 Å². The number of carbonyl (C=O) groups is 1. The van der Waals surface area contributed by atoms with Crippen LogP contribution in [0.5, 0.6) is 11.5 Å². The normalized spacial score (nSPS) is 11.2. The standard InChI is InChI=1S/C20H24O13S2.2Na/c1-26-20(27-2,16-5-9-18(10-6-16)29-12-14-31-35(23,24)25)19(21)15-3-7-17(8-4-15)28-11-13-30-34-33-32-22;;/h3-10,22H,11-14H2,1-2H3,(H,23,24,25);;/q;2*+1/p-2. The second kappa shape index (κ2) is 18.9. The first kappa shape index (κ1) is 36.7. The largest absolute Gasteiger partial charge is 1.00 e. The Morgan fingerprint density at radius 3 is 1.86 bits per heavy atom. The van der Waals surface area contributed by atoms with Crippen molar-refractivity contribution in [2.24, 2.45) is 0 Å². The molecule has 0 saturated carbocycles. The quantitative estimate of drug-likeness (QED) is 0.0201. The summed E-state index contributed by atoms with van der Waals surface area (Å²) in [4.78, 5) is 13.3. The summed E-state index contributed by atoms with van der Waals surface area (Å²) in [5.74, 6) is -1.43. The molecule has 0 N–H and O–H groups in total. The Bertz CT molecular complexity index is 1020. The Kier molecular flexibility index (Phi) is 18.7. The molecule has 13 nitrogen and oxygen atoms in total. The molecule has 0 aromatic heterocycles. The van der Waals surface area contributed by atoms with Gasteiger partial charge in [-0.15, -0.1) is 4.33 Å². The molecule has 17 heteroatoms. The van der Waals surface area contributed by atoms with Gasteiger partial charge in [-0.25, -0.2) is 8.42 Å². The molecular weight excluding hydrogens is 558 g/mol. The van der Waals surface area contributed by atoms with Crippen LogP contribution in [0.2, 0.25) is 0 Å². The molecule has 2 aromatic rings. The first-order valence-corrected chi connectivity index (χ1v) is 11.7. The van der Waals surface area contributed by atoms with Crippen LogP contribution in [0.25, 0.3) is 0 Å². The van der Waals surface area contributed by atoms with E-state index in [-0.39, 0.29) is 84.5 Å². The van der Waals surface area contributed by atoms with Gasteiger partial charge in [-0.05, 0) is 48.5 Å². The van der Waals surface area contributed by atoms with E-state index in [1.807, 2.05) is 0 Å². The topological polar surface area (TPSA) is 171 Å². The van der Waals surface area contributed by atoms with E-state index in [0.29, 0.717) is 29.4 Å². The average Bonchev–Trinajstić information content (AvgIpc) is 2.85. The second-order valence-electron chi connectivity index (χ2n) is 6.36. The van der Waals surface area contributed by atoms with Crippen molar-refractivity contribution in [1.29, 1.82) is 0 Å². The minimum absolute atomic E-state index is 0. The SMILES string of the molecule is COC(OC)(C(=O)c1ccc(OCCOSOO[O-])cc1)c1ccc(OCCOS(=O)(=O)[O-])cc1.[Na+].[Na+]. The molecule has 0 fully saturated rings. The van der Waals surface area contributed by atoms with E-state index in [2.05, 4.69) is 13.6 Å². The molecule has 0 unspecified atom stereocenters. The average molecular weight is 580 g/mol. The van der Waals surface area contributed by atoms with Gasteiger partial charge in [-0.2, -0.15) is 0 Å². The molecule has 2 aromatic carbocycles. The van der Waals surface area contributed by atoms with Crippen molar-refractivity contribution in [1.82, 2.24) is 0 Å². The van der Waals surface area contributed by atoms with Crippen LogP contribution in [-0.2, 0) is 43.4 Å². The number of rotatable bonds is 17. The molecule has 0 atom stereocenters. The Morgan fingerprint density at radius 2 is 1.38 bits per heavy atom. The first-order chi connectivity index (χ1) is 16.8. The summed E-state index contributed by atoms with van der Waals surface area (Å²) in [7, 11) is -2.15. The van der Waals surface area contributed by atoms with Crippen molar-refractivity contribution in [3.63, 3.8) is 0 Å². The number of hydrogen-bond donors (Lipinski definition) is 0. The fourth-order valence-electron chi connectivity index (χ4n) is 2.85. The van der Waals surface area contributed by atoms with Gasteiger partial charge in [-0.3, -0.25) is 18.2 Å². The van der Waals surface area contributed by atoms with Crippen LogP contribution in [0, 0.1) is 0 Å². The molecule has 0 aliphatic rings. The van der Waals surface area contributed by atoms with Gasteiger partial charge in [0.25, 0.3) is 5.79 Å². The van der Waals surface area contributed by atoms with Crippen LogP contribution in [0.4, 0.5) is 0 Å². The maximum absolute atomic E-state index is 13.3. The molecule has 0 heterocycles. The molecule has 0 radical (unpaired) electrons. The van der Waals surface area contributed by atoms with Gasteiger partial charge in [-0.1, -0.05) is 0 Å². The fourth-order valence-corrected chi connectivity index (χ4v) is 3.32. The predicted molar refractivity (Wildman–Crippen MR) is 115 cm³/mol. The van der Waals surface area contributed by atoms with Gasteiger partial charge in [0.1, 0.15) is 24.7 Å². The third kappa shape index (κ3) is 12.2. The molecule has 194 valence electrons. The molecule has 0 amide bonds. The van der Waals surface area contributed by atoms with Crippen LogP contribution in [-0.4, -0.2) is 59.4 Å². The zero-order valence-electron chi connectivity index (χ0n) is 20.6. The number of hydrogen-bond acceptors (Lipinski definition) is 14. The monoisotopic (exact) mass is 580 g/mol. The van der Waals surface area contributed by atoms with E-state index in [9.17, 15) is 23.0 Å². The second-order valence-corrected chi connectivity index (χ2v) is 7.92. The Balaban J connectivity index is 0.00000648. The Hall–Kier alpha value is -0.310. The number of Topliss-reactive ketones (excluding diaryl/α,β-unsaturated/α-hetero) is 1. The van der Waals surface area contributed by atoms with E-state index in [0.717, 1.165) is 0 Å². The van der Waals surface area contributed by atoms with Gasteiger partial charge < -0.3 is 28.8 Å². The van der Waals surface area contributed by atoms with Crippen molar-refractivity contribution in [2.75, 3.05) is 40.6 Å². The smallest absolute Gasteiger partial charge is 0.726 e. The summed E-state index contributed by atoms with van der Waals surface area (Å²) in [6.07, 6.45) is 0. The fraction of sp³-hybridized carbons (Fsp3) is 0.350. The summed E-state index contributed by atoms with van der Waals surface area (Å²) >= 11 is 0.373. The van der Waals surface area contributed by atoms with E-state index < -0.39 is 28.6 Å². The zero-order chi connectivity index (χ0) is 25.7. The Morgan fingerprint density at radius 1 is 0.865 bits per heavy atom. The van der Waals surface area contributed by atoms with Crippen LogP contribution in [0.15, 0.2) is 48.5 Å². The summed E-state index contributed by atoms with van der Waals surface area (Å²) in [5.41, 5.74) is 0.655. The van der Waals surface area contributed by atoms with Gasteiger partial charge in [0, 0.05) is 25.3 Å². The van der Waals surface area contributed by atoms with E-state index >= 15 is 0 Å². The molecule has 0 bridgehead atoms. The van der Waals surface area contributed by atoms with Gasteiger partial charge in [0.2, 0.25) is 16.2 Å². The van der Waals surface area contributed by atoms with Crippen LogP contribution < -0.4 is 73.8 Å².